The highest BCUT2D eigenvalue weighted by atomic mass is 79.9. The lowest BCUT2D eigenvalue weighted by Crippen LogP contribution is -2.05. The van der Waals surface area contributed by atoms with Crippen molar-refractivity contribution in [2.75, 3.05) is 0 Å². The van der Waals surface area contributed by atoms with E-state index in [1.54, 1.807) is 18.2 Å². The molecular weight excluding hydrogens is 295 g/mol. The van der Waals surface area contributed by atoms with Crippen molar-refractivity contribution in [1.82, 2.24) is 0 Å². The van der Waals surface area contributed by atoms with E-state index in [1.165, 1.54) is 6.92 Å². The van der Waals surface area contributed by atoms with Crippen molar-refractivity contribution in [3.63, 3.8) is 0 Å². The maximum absolute atomic E-state index is 11.6. The molecule has 2 rings (SSSR count). The first-order valence-electron chi connectivity index (χ1n) is 4.60. The minimum atomic E-state index is -0.856. The second-order valence-corrected chi connectivity index (χ2v) is 4.66. The summed E-state index contributed by atoms with van der Waals surface area (Å²) in [6.07, 6.45) is -0.856. The van der Waals surface area contributed by atoms with Crippen LogP contribution in [0, 0.1) is 0 Å². The Morgan fingerprint density at radius 3 is 2.75 bits per heavy atom. The summed E-state index contributed by atoms with van der Waals surface area (Å²) in [7, 11) is 0. The standard InChI is InChI=1S/C11H8BrClO3/c1-5(14)10-9(12)8-4-6(13)2-3-7(8)11(15)16-10/h2-5,14H,1H3. The van der Waals surface area contributed by atoms with Gasteiger partial charge in [0.15, 0.2) is 5.76 Å². The topological polar surface area (TPSA) is 50.4 Å². The first kappa shape index (κ1) is 11.6. The normalized spacial score (nSPS) is 13.0. The zero-order valence-corrected chi connectivity index (χ0v) is 10.7. The van der Waals surface area contributed by atoms with Crippen LogP contribution in [0.15, 0.2) is 31.9 Å². The fraction of sp³-hybridized carbons (Fsp3) is 0.182. The lowest BCUT2D eigenvalue weighted by Gasteiger charge is -2.08. The van der Waals surface area contributed by atoms with Crippen molar-refractivity contribution < 1.29 is 9.52 Å². The van der Waals surface area contributed by atoms with E-state index < -0.39 is 11.7 Å². The molecule has 0 fully saturated rings. The van der Waals surface area contributed by atoms with Crippen molar-refractivity contribution in [3.05, 3.63) is 43.9 Å². The number of hydrogen-bond acceptors (Lipinski definition) is 3. The van der Waals surface area contributed by atoms with Gasteiger partial charge in [0.2, 0.25) is 0 Å². The van der Waals surface area contributed by atoms with Crippen LogP contribution in [0.4, 0.5) is 0 Å². The Morgan fingerprint density at radius 1 is 1.44 bits per heavy atom. The van der Waals surface area contributed by atoms with Gasteiger partial charge >= 0.3 is 5.63 Å². The maximum atomic E-state index is 11.6. The summed E-state index contributed by atoms with van der Waals surface area (Å²) in [5.74, 6) is 0.208. The molecule has 1 N–H and O–H groups in total. The summed E-state index contributed by atoms with van der Waals surface area (Å²) in [6, 6.07) is 4.87. The Bertz CT molecular complexity index is 604. The third kappa shape index (κ3) is 1.88. The fourth-order valence-electron chi connectivity index (χ4n) is 1.48. The Hall–Kier alpha value is -0.840. The number of hydrogen-bond donors (Lipinski definition) is 1. The van der Waals surface area contributed by atoms with Gasteiger partial charge in [-0.3, -0.25) is 0 Å². The molecule has 84 valence electrons. The van der Waals surface area contributed by atoms with Gasteiger partial charge in [0.05, 0.1) is 9.86 Å². The highest BCUT2D eigenvalue weighted by Crippen LogP contribution is 2.30. The molecule has 1 unspecified atom stereocenters. The molecule has 2 aromatic rings. The number of fused-ring (bicyclic) bond motifs is 1. The van der Waals surface area contributed by atoms with Crippen LogP contribution in [-0.4, -0.2) is 5.11 Å². The molecule has 0 saturated heterocycles. The van der Waals surface area contributed by atoms with Crippen LogP contribution in [0.2, 0.25) is 5.02 Å². The second-order valence-electron chi connectivity index (χ2n) is 3.43. The van der Waals surface area contributed by atoms with Gasteiger partial charge in [-0.2, -0.15) is 0 Å². The average molecular weight is 304 g/mol. The summed E-state index contributed by atoms with van der Waals surface area (Å²) < 4.78 is 5.58. The van der Waals surface area contributed by atoms with E-state index in [2.05, 4.69) is 15.9 Å². The van der Waals surface area contributed by atoms with Crippen LogP contribution in [0.1, 0.15) is 18.8 Å². The molecule has 1 atom stereocenters. The summed E-state index contributed by atoms with van der Waals surface area (Å²) >= 11 is 9.16. The fourth-order valence-corrected chi connectivity index (χ4v) is 2.39. The second kappa shape index (κ2) is 4.20. The molecule has 0 spiro atoms. The molecule has 1 heterocycles. The van der Waals surface area contributed by atoms with Crippen molar-refractivity contribution in [1.29, 1.82) is 0 Å². The number of benzene rings is 1. The van der Waals surface area contributed by atoms with Crippen LogP contribution in [0.25, 0.3) is 10.8 Å². The third-order valence-electron chi connectivity index (χ3n) is 2.24. The van der Waals surface area contributed by atoms with Gasteiger partial charge in [-0.1, -0.05) is 11.6 Å². The van der Waals surface area contributed by atoms with E-state index in [1.807, 2.05) is 0 Å². The lowest BCUT2D eigenvalue weighted by atomic mass is 10.1. The SMILES string of the molecule is CC(O)c1oc(=O)c2ccc(Cl)cc2c1Br. The average Bonchev–Trinajstić information content (AvgIpc) is 2.22. The highest BCUT2D eigenvalue weighted by molar-refractivity contribution is 9.10. The van der Waals surface area contributed by atoms with E-state index in [0.29, 0.717) is 20.3 Å². The molecule has 5 heteroatoms. The van der Waals surface area contributed by atoms with Crippen LogP contribution in [0.3, 0.4) is 0 Å². The number of halogens is 2. The Morgan fingerprint density at radius 2 is 2.12 bits per heavy atom. The van der Waals surface area contributed by atoms with Crippen LogP contribution < -0.4 is 5.63 Å². The van der Waals surface area contributed by atoms with E-state index >= 15 is 0 Å². The van der Waals surface area contributed by atoms with Crippen LogP contribution in [-0.2, 0) is 0 Å². The molecule has 0 bridgehead atoms. The highest BCUT2D eigenvalue weighted by Gasteiger charge is 2.15. The molecule has 0 amide bonds. The molecule has 3 nitrogen and oxygen atoms in total. The minimum Gasteiger partial charge on any atom is -0.423 e. The predicted molar refractivity (Wildman–Crippen MR) is 65.8 cm³/mol. The monoisotopic (exact) mass is 302 g/mol. The largest absolute Gasteiger partial charge is 0.423 e. The third-order valence-corrected chi connectivity index (χ3v) is 3.29. The zero-order valence-electron chi connectivity index (χ0n) is 8.33. The van der Waals surface area contributed by atoms with E-state index in [-0.39, 0.29) is 5.76 Å². The van der Waals surface area contributed by atoms with Crippen molar-refractivity contribution in [2.45, 2.75) is 13.0 Å². The zero-order chi connectivity index (χ0) is 11.9. The summed E-state index contributed by atoms with van der Waals surface area (Å²) in [5.41, 5.74) is -0.481. The Labute approximate surface area is 105 Å². The molecule has 0 saturated carbocycles. The molecule has 0 aliphatic carbocycles. The summed E-state index contributed by atoms with van der Waals surface area (Å²) in [6.45, 7) is 1.53. The van der Waals surface area contributed by atoms with Gasteiger partial charge in [0.25, 0.3) is 0 Å². The first-order chi connectivity index (χ1) is 7.50. The molecular formula is C11H8BrClO3. The number of aliphatic hydroxyl groups excluding tert-OH is 1. The summed E-state index contributed by atoms with van der Waals surface area (Å²) in [4.78, 5) is 11.6. The van der Waals surface area contributed by atoms with Gasteiger partial charge in [0, 0.05) is 10.4 Å². The minimum absolute atomic E-state index is 0.208. The number of rotatable bonds is 1. The first-order valence-corrected chi connectivity index (χ1v) is 5.77. The van der Waals surface area contributed by atoms with Crippen molar-refractivity contribution in [2.24, 2.45) is 0 Å². The van der Waals surface area contributed by atoms with Crippen LogP contribution in [0.5, 0.6) is 0 Å². The molecule has 0 aliphatic rings. The van der Waals surface area contributed by atoms with Crippen molar-refractivity contribution in [3.8, 4) is 0 Å². The van der Waals surface area contributed by atoms with E-state index in [9.17, 15) is 9.90 Å². The van der Waals surface area contributed by atoms with Gasteiger partial charge in [-0.05, 0) is 41.1 Å². The molecule has 0 radical (unpaired) electrons. The maximum Gasteiger partial charge on any atom is 0.343 e. The molecule has 1 aromatic heterocycles. The lowest BCUT2D eigenvalue weighted by molar-refractivity contribution is 0.163. The Kier molecular flexibility index (Phi) is 3.06. The molecule has 16 heavy (non-hydrogen) atoms. The molecule has 0 aliphatic heterocycles. The quantitative estimate of drug-likeness (QED) is 0.879. The van der Waals surface area contributed by atoms with Gasteiger partial charge in [-0.15, -0.1) is 0 Å². The van der Waals surface area contributed by atoms with Gasteiger partial charge in [-0.25, -0.2) is 4.79 Å². The molecule has 1 aromatic carbocycles. The van der Waals surface area contributed by atoms with E-state index in [4.69, 9.17) is 16.0 Å². The number of aliphatic hydroxyl groups is 1. The smallest absolute Gasteiger partial charge is 0.343 e. The van der Waals surface area contributed by atoms with Gasteiger partial charge in [0.1, 0.15) is 6.10 Å². The summed E-state index contributed by atoms with van der Waals surface area (Å²) in [5, 5.41) is 11.1. The van der Waals surface area contributed by atoms with Gasteiger partial charge < -0.3 is 9.52 Å². The van der Waals surface area contributed by atoms with Crippen molar-refractivity contribution >= 4 is 38.3 Å². The predicted octanol–water partition coefficient (Wildman–Crippen LogP) is 3.26. The Balaban J connectivity index is 2.92. The van der Waals surface area contributed by atoms with E-state index in [0.717, 1.165) is 0 Å². The van der Waals surface area contributed by atoms with Crippen LogP contribution >= 0.6 is 27.5 Å².